The first kappa shape index (κ1) is 22.4. The van der Waals surface area contributed by atoms with Crippen LogP contribution in [-0.4, -0.2) is 66.0 Å². The van der Waals surface area contributed by atoms with Crippen molar-refractivity contribution < 1.29 is 8.42 Å². The number of guanidine groups is 1. The SMILES string of the molecule is CC(C)NC(=NCC1CCS(=O)(=O)C1)N1CCC(C)C(n2ccnc2)C1.I. The van der Waals surface area contributed by atoms with Gasteiger partial charge in [0.2, 0.25) is 0 Å². The molecular weight excluding hydrogens is 477 g/mol. The van der Waals surface area contributed by atoms with Crippen LogP contribution in [-0.2, 0) is 9.84 Å². The molecule has 3 heterocycles. The van der Waals surface area contributed by atoms with Gasteiger partial charge >= 0.3 is 0 Å². The fraction of sp³-hybridized carbons (Fsp3) is 0.778. The molecule has 0 aliphatic carbocycles. The molecule has 0 saturated carbocycles. The summed E-state index contributed by atoms with van der Waals surface area (Å²) in [5.41, 5.74) is 0. The number of nitrogens with zero attached hydrogens (tertiary/aromatic N) is 4. The number of likely N-dealkylation sites (tertiary alicyclic amines) is 1. The van der Waals surface area contributed by atoms with E-state index in [1.807, 2.05) is 18.7 Å². The minimum absolute atomic E-state index is 0. The molecule has 1 N–H and O–H groups in total. The number of hydrogen-bond acceptors (Lipinski definition) is 4. The molecule has 2 aliphatic rings. The standard InChI is InChI=1S/C18H31N5O2S.HI/c1-14(2)21-18(20-10-16-5-9-26(24,25)12-16)22-7-4-15(3)17(11-22)23-8-6-19-13-23;/h6,8,13-17H,4-5,7,9-12H2,1-3H3,(H,20,21);1H. The quantitative estimate of drug-likeness (QED) is 0.383. The minimum Gasteiger partial charge on any atom is -0.354 e. The molecule has 0 spiro atoms. The van der Waals surface area contributed by atoms with E-state index in [4.69, 9.17) is 4.99 Å². The maximum absolute atomic E-state index is 11.7. The fourth-order valence-electron chi connectivity index (χ4n) is 3.82. The topological polar surface area (TPSA) is 79.6 Å². The number of piperidine rings is 1. The van der Waals surface area contributed by atoms with E-state index in [1.165, 1.54) is 0 Å². The van der Waals surface area contributed by atoms with Crippen LogP contribution in [0.4, 0.5) is 0 Å². The lowest BCUT2D eigenvalue weighted by molar-refractivity contribution is 0.188. The summed E-state index contributed by atoms with van der Waals surface area (Å²) in [5.74, 6) is 2.23. The summed E-state index contributed by atoms with van der Waals surface area (Å²) in [5, 5.41) is 3.48. The second kappa shape index (κ2) is 9.58. The Morgan fingerprint density at radius 2 is 2.15 bits per heavy atom. The van der Waals surface area contributed by atoms with Crippen molar-refractivity contribution in [2.75, 3.05) is 31.1 Å². The van der Waals surface area contributed by atoms with Gasteiger partial charge in [-0.2, -0.15) is 0 Å². The van der Waals surface area contributed by atoms with Gasteiger partial charge in [0.05, 0.1) is 23.9 Å². The third-order valence-electron chi connectivity index (χ3n) is 5.37. The van der Waals surface area contributed by atoms with Crippen LogP contribution in [0.5, 0.6) is 0 Å². The number of imidazole rings is 1. The van der Waals surface area contributed by atoms with Gasteiger partial charge in [-0.3, -0.25) is 4.99 Å². The molecule has 3 atom stereocenters. The van der Waals surface area contributed by atoms with Gasteiger partial charge in [-0.15, -0.1) is 24.0 Å². The molecule has 0 aromatic carbocycles. The first-order valence-corrected chi connectivity index (χ1v) is 11.4. The molecule has 0 amide bonds. The summed E-state index contributed by atoms with van der Waals surface area (Å²) in [6.07, 6.45) is 7.57. The minimum atomic E-state index is -2.85. The first-order chi connectivity index (χ1) is 12.3. The van der Waals surface area contributed by atoms with Crippen molar-refractivity contribution in [1.29, 1.82) is 0 Å². The van der Waals surface area contributed by atoms with Crippen molar-refractivity contribution in [3.8, 4) is 0 Å². The number of hydrogen-bond donors (Lipinski definition) is 1. The summed E-state index contributed by atoms with van der Waals surface area (Å²) in [6.45, 7) is 8.94. The second-order valence-corrected chi connectivity index (χ2v) is 10.3. The smallest absolute Gasteiger partial charge is 0.194 e. The number of aliphatic imine (C=N–C) groups is 1. The van der Waals surface area contributed by atoms with E-state index in [0.717, 1.165) is 31.9 Å². The van der Waals surface area contributed by atoms with E-state index in [0.29, 0.717) is 24.3 Å². The molecular formula is C18H32IN5O2S. The Balaban J connectivity index is 0.00000261. The predicted molar refractivity (Wildman–Crippen MR) is 119 cm³/mol. The third kappa shape index (κ3) is 6.07. The van der Waals surface area contributed by atoms with Crippen molar-refractivity contribution in [3.05, 3.63) is 18.7 Å². The summed E-state index contributed by atoms with van der Waals surface area (Å²) in [4.78, 5) is 11.3. The largest absolute Gasteiger partial charge is 0.354 e. The van der Waals surface area contributed by atoms with Gasteiger partial charge < -0.3 is 14.8 Å². The zero-order valence-electron chi connectivity index (χ0n) is 16.4. The Labute approximate surface area is 180 Å². The van der Waals surface area contributed by atoms with Crippen molar-refractivity contribution in [2.45, 2.75) is 45.7 Å². The zero-order valence-corrected chi connectivity index (χ0v) is 19.6. The van der Waals surface area contributed by atoms with Gasteiger partial charge in [-0.05, 0) is 38.5 Å². The molecule has 7 nitrogen and oxygen atoms in total. The van der Waals surface area contributed by atoms with Gasteiger partial charge in [0, 0.05) is 38.1 Å². The van der Waals surface area contributed by atoms with Gasteiger partial charge in [-0.25, -0.2) is 13.4 Å². The van der Waals surface area contributed by atoms with Crippen LogP contribution >= 0.6 is 24.0 Å². The number of nitrogens with one attached hydrogen (secondary N) is 1. The van der Waals surface area contributed by atoms with Crippen molar-refractivity contribution >= 4 is 39.8 Å². The molecule has 154 valence electrons. The lowest BCUT2D eigenvalue weighted by Gasteiger charge is -2.39. The number of aromatic nitrogens is 2. The number of halogens is 1. The fourth-order valence-corrected chi connectivity index (χ4v) is 5.67. The van der Waals surface area contributed by atoms with E-state index in [2.05, 4.69) is 40.5 Å². The van der Waals surface area contributed by atoms with Crippen LogP contribution in [0.2, 0.25) is 0 Å². The Morgan fingerprint density at radius 3 is 2.74 bits per heavy atom. The lowest BCUT2D eigenvalue weighted by atomic mass is 9.93. The summed E-state index contributed by atoms with van der Waals surface area (Å²) in [6, 6.07) is 0.657. The van der Waals surface area contributed by atoms with Gasteiger partial charge in [0.15, 0.2) is 15.8 Å². The van der Waals surface area contributed by atoms with Crippen LogP contribution in [0.1, 0.15) is 39.7 Å². The Morgan fingerprint density at radius 1 is 1.37 bits per heavy atom. The molecule has 9 heteroatoms. The third-order valence-corrected chi connectivity index (χ3v) is 7.21. The average molecular weight is 509 g/mol. The molecule has 0 bridgehead atoms. The maximum atomic E-state index is 11.7. The van der Waals surface area contributed by atoms with E-state index >= 15 is 0 Å². The molecule has 1 aromatic rings. The van der Waals surface area contributed by atoms with Crippen molar-refractivity contribution in [1.82, 2.24) is 19.8 Å². The summed E-state index contributed by atoms with van der Waals surface area (Å²) in [7, 11) is -2.85. The normalized spacial score (nSPS) is 28.2. The van der Waals surface area contributed by atoms with Crippen molar-refractivity contribution in [2.24, 2.45) is 16.8 Å². The molecule has 27 heavy (non-hydrogen) atoms. The molecule has 2 fully saturated rings. The van der Waals surface area contributed by atoms with Gasteiger partial charge in [0.25, 0.3) is 0 Å². The highest BCUT2D eigenvalue weighted by Gasteiger charge is 2.30. The predicted octanol–water partition coefficient (Wildman–Crippen LogP) is 2.17. The van der Waals surface area contributed by atoms with E-state index in [9.17, 15) is 8.42 Å². The lowest BCUT2D eigenvalue weighted by Crippen LogP contribution is -2.50. The van der Waals surface area contributed by atoms with Crippen LogP contribution in [0, 0.1) is 11.8 Å². The highest BCUT2D eigenvalue weighted by Crippen LogP contribution is 2.27. The monoisotopic (exact) mass is 509 g/mol. The van der Waals surface area contributed by atoms with Gasteiger partial charge in [0.1, 0.15) is 0 Å². The van der Waals surface area contributed by atoms with E-state index < -0.39 is 9.84 Å². The maximum Gasteiger partial charge on any atom is 0.194 e. The van der Waals surface area contributed by atoms with Crippen LogP contribution in [0.25, 0.3) is 0 Å². The Bertz CT molecular complexity index is 720. The Hall–Kier alpha value is -0.840. The second-order valence-electron chi connectivity index (χ2n) is 8.02. The van der Waals surface area contributed by atoms with Crippen LogP contribution < -0.4 is 5.32 Å². The van der Waals surface area contributed by atoms with E-state index in [-0.39, 0.29) is 41.7 Å². The van der Waals surface area contributed by atoms with Gasteiger partial charge in [-0.1, -0.05) is 6.92 Å². The molecule has 3 rings (SSSR count). The molecule has 3 unspecified atom stereocenters. The first-order valence-electron chi connectivity index (χ1n) is 9.58. The summed E-state index contributed by atoms with van der Waals surface area (Å²) < 4.78 is 25.6. The van der Waals surface area contributed by atoms with E-state index in [1.54, 1.807) is 0 Å². The number of rotatable bonds is 4. The number of sulfone groups is 1. The molecule has 2 saturated heterocycles. The average Bonchev–Trinajstić information content (AvgIpc) is 3.21. The highest BCUT2D eigenvalue weighted by molar-refractivity contribution is 14.0. The Kier molecular flexibility index (Phi) is 7.96. The highest BCUT2D eigenvalue weighted by atomic mass is 127. The summed E-state index contributed by atoms with van der Waals surface area (Å²) >= 11 is 0. The molecule has 1 aromatic heterocycles. The van der Waals surface area contributed by atoms with Crippen LogP contribution in [0.15, 0.2) is 23.7 Å². The van der Waals surface area contributed by atoms with Crippen molar-refractivity contribution in [3.63, 3.8) is 0 Å². The van der Waals surface area contributed by atoms with Crippen LogP contribution in [0.3, 0.4) is 0 Å². The molecule has 0 radical (unpaired) electrons. The molecule has 2 aliphatic heterocycles. The zero-order chi connectivity index (χ0) is 18.7.